The number of anilines is 3. The highest BCUT2D eigenvalue weighted by atomic mass is 35.5. The predicted molar refractivity (Wildman–Crippen MR) is 149 cm³/mol. The summed E-state index contributed by atoms with van der Waals surface area (Å²) >= 11 is 6.36. The van der Waals surface area contributed by atoms with Gasteiger partial charge in [-0.05, 0) is 57.5 Å². The molecule has 4 rings (SSSR count). The van der Waals surface area contributed by atoms with Gasteiger partial charge in [-0.3, -0.25) is 0 Å². The second-order valence-corrected chi connectivity index (χ2v) is 13.0. The summed E-state index contributed by atoms with van der Waals surface area (Å²) < 4.78 is 82.9. The molecule has 228 valence electrons. The number of nitrogens with zero attached hydrogens (tertiary/aromatic N) is 3. The molecule has 0 spiro atoms. The van der Waals surface area contributed by atoms with E-state index < -0.39 is 49.5 Å². The highest BCUT2D eigenvalue weighted by molar-refractivity contribution is 7.89. The Labute approximate surface area is 244 Å². The molecule has 1 saturated heterocycles. The lowest BCUT2D eigenvalue weighted by Crippen LogP contribution is -2.69. The lowest BCUT2D eigenvalue weighted by molar-refractivity contribution is -0.137. The van der Waals surface area contributed by atoms with Crippen LogP contribution in [0, 0.1) is 0 Å². The number of H-pyrrole nitrogens is 1. The number of nitrogens with one attached hydrogen (secondary N) is 3. The smallest absolute Gasteiger partial charge is 0.417 e. The number of benzene rings is 2. The van der Waals surface area contributed by atoms with Crippen molar-refractivity contribution in [2.75, 3.05) is 31.2 Å². The maximum Gasteiger partial charge on any atom is 0.417 e. The predicted octanol–water partition coefficient (Wildman–Crippen LogP) is 4.77. The molecule has 1 aliphatic rings. The molecule has 0 atom stereocenters. The topological polar surface area (TPSA) is 165 Å². The van der Waals surface area contributed by atoms with Gasteiger partial charge in [0.2, 0.25) is 21.9 Å². The molecular weight excluding hydrogens is 603 g/mol. The zero-order valence-corrected chi connectivity index (χ0v) is 24.8. The molecule has 2 heterocycles. The molecule has 0 aliphatic carbocycles. The summed E-state index contributed by atoms with van der Waals surface area (Å²) in [5.41, 5.74) is 1.87. The molecule has 1 fully saturated rings. The normalized spacial score (nSPS) is 15.2. The van der Waals surface area contributed by atoms with Crippen molar-refractivity contribution in [3.05, 3.63) is 40.9 Å². The number of sulfonamides is 1. The number of halogens is 4. The summed E-state index contributed by atoms with van der Waals surface area (Å²) in [4.78, 5) is 17.0. The number of hydrogen-bond acceptors (Lipinski definition) is 9. The Bertz CT molecular complexity index is 1620. The van der Waals surface area contributed by atoms with E-state index >= 15 is 0 Å². The fraction of sp³-hybridized carbons (Fsp3) is 0.400. The maximum atomic E-state index is 14.3. The summed E-state index contributed by atoms with van der Waals surface area (Å²) in [6.45, 7) is 6.74. The van der Waals surface area contributed by atoms with Gasteiger partial charge in [0.05, 0.1) is 23.2 Å². The van der Waals surface area contributed by atoms with Crippen molar-refractivity contribution >= 4 is 45.3 Å². The van der Waals surface area contributed by atoms with E-state index in [2.05, 4.69) is 25.2 Å². The number of methoxy groups -OCH3 is 1. The molecule has 2 aromatic carbocycles. The Morgan fingerprint density at radius 2 is 1.86 bits per heavy atom. The third-order valence-electron chi connectivity index (χ3n) is 6.01. The summed E-state index contributed by atoms with van der Waals surface area (Å²) in [5.74, 6) is -0.239. The van der Waals surface area contributed by atoms with E-state index in [1.807, 2.05) is 0 Å². The van der Waals surface area contributed by atoms with Gasteiger partial charge in [0.15, 0.2) is 0 Å². The molecular formula is C25H29ClF3N7O5S. The van der Waals surface area contributed by atoms with Crippen LogP contribution in [0.5, 0.6) is 5.75 Å². The van der Waals surface area contributed by atoms with Crippen LogP contribution in [-0.2, 0) is 20.9 Å². The fourth-order valence-corrected chi connectivity index (χ4v) is 6.31. The van der Waals surface area contributed by atoms with Crippen LogP contribution >= 0.6 is 11.6 Å². The molecule has 12 nitrogen and oxygen atoms in total. The third-order valence-corrected chi connectivity index (χ3v) is 7.97. The number of carbonyl (C=O) groups is 1. The van der Waals surface area contributed by atoms with E-state index in [1.54, 1.807) is 27.7 Å². The monoisotopic (exact) mass is 631 g/mol. The van der Waals surface area contributed by atoms with E-state index in [9.17, 15) is 26.4 Å². The Kier molecular flexibility index (Phi) is 8.03. The van der Waals surface area contributed by atoms with Crippen LogP contribution in [0.15, 0.2) is 35.2 Å². The number of hydrogen-bond donors (Lipinski definition) is 4. The minimum atomic E-state index is -4.88. The van der Waals surface area contributed by atoms with Crippen molar-refractivity contribution in [1.29, 1.82) is 0 Å². The Morgan fingerprint density at radius 3 is 2.40 bits per heavy atom. The molecule has 1 aromatic heterocycles. The van der Waals surface area contributed by atoms with Crippen molar-refractivity contribution < 1.29 is 35.9 Å². The quantitative estimate of drug-likeness (QED) is 0.287. The van der Waals surface area contributed by atoms with E-state index in [4.69, 9.17) is 26.8 Å². The van der Waals surface area contributed by atoms with E-state index in [0.717, 1.165) is 12.1 Å². The second kappa shape index (κ2) is 10.8. The zero-order chi connectivity index (χ0) is 31.3. The highest BCUT2D eigenvalue weighted by Gasteiger charge is 2.46. The van der Waals surface area contributed by atoms with Gasteiger partial charge in [-0.25, -0.2) is 23.0 Å². The van der Waals surface area contributed by atoms with Gasteiger partial charge in [-0.1, -0.05) is 17.7 Å². The minimum absolute atomic E-state index is 0.0121. The largest absolute Gasteiger partial charge is 0.495 e. The lowest BCUT2D eigenvalue weighted by atomic mass is 9.94. The number of aromatic amines is 1. The summed E-state index contributed by atoms with van der Waals surface area (Å²) in [7, 11) is -3.14. The van der Waals surface area contributed by atoms with Crippen LogP contribution in [0.1, 0.15) is 33.3 Å². The molecule has 42 heavy (non-hydrogen) atoms. The minimum Gasteiger partial charge on any atom is -0.495 e. The molecule has 3 aromatic rings. The summed E-state index contributed by atoms with van der Waals surface area (Å²) in [5, 5.41) is 8.35. The van der Waals surface area contributed by atoms with Crippen LogP contribution in [0.2, 0.25) is 5.02 Å². The Hall–Kier alpha value is -3.76. The number of alkyl halides is 3. The number of nitrogen functional groups attached to an aromatic ring is 1. The average molecular weight is 632 g/mol. The van der Waals surface area contributed by atoms with Crippen molar-refractivity contribution in [3.8, 4) is 16.9 Å². The Balaban J connectivity index is 1.68. The van der Waals surface area contributed by atoms with Gasteiger partial charge in [-0.15, -0.1) is 5.10 Å². The third kappa shape index (κ3) is 6.82. The first kappa shape index (κ1) is 31.2. The second-order valence-electron chi connectivity index (χ2n) is 10.9. The van der Waals surface area contributed by atoms with E-state index in [0.29, 0.717) is 0 Å². The average Bonchev–Trinajstić information content (AvgIpc) is 3.24. The van der Waals surface area contributed by atoms with Gasteiger partial charge >= 0.3 is 12.3 Å². The molecule has 0 saturated carbocycles. The lowest BCUT2D eigenvalue weighted by Gasteiger charge is -2.47. The summed E-state index contributed by atoms with van der Waals surface area (Å²) in [6.07, 6.45) is -5.48. The zero-order valence-electron chi connectivity index (χ0n) is 23.2. The van der Waals surface area contributed by atoms with Crippen LogP contribution in [0.25, 0.3) is 11.1 Å². The van der Waals surface area contributed by atoms with Crippen LogP contribution < -0.4 is 20.5 Å². The number of likely N-dealkylation sites (tertiary alicyclic amines) is 1. The molecule has 17 heteroatoms. The van der Waals surface area contributed by atoms with Crippen molar-refractivity contribution in [2.45, 2.75) is 49.9 Å². The van der Waals surface area contributed by atoms with Gasteiger partial charge in [0.1, 0.15) is 16.2 Å². The SMILES string of the molecule is COc1ccc(-c2c(Cl)cc(Nc3n[nH]c(N)n3)cc2C(F)(F)F)cc1S(=O)(=O)NC1(C)CN(C(=O)OC(C)(C)C)C1. The molecule has 5 N–H and O–H groups in total. The van der Waals surface area contributed by atoms with Crippen molar-refractivity contribution in [1.82, 2.24) is 24.8 Å². The standard InChI is InChI=1S/C25H29ClF3N7O5S/c1-23(2,3)41-22(37)36-11-24(4,12-36)35-42(38,39)18-8-13(6-7-17(18)40-5)19-15(25(27,28)29)9-14(10-16(19)26)31-21-32-20(30)33-34-21/h6-10,35H,11-12H2,1-5H3,(H4,30,31,32,33,34). The fourth-order valence-electron chi connectivity index (χ4n) is 4.39. The maximum absolute atomic E-state index is 14.3. The molecule has 0 radical (unpaired) electrons. The number of aromatic nitrogens is 3. The first-order chi connectivity index (χ1) is 19.3. The van der Waals surface area contributed by atoms with E-state index in [-0.39, 0.29) is 47.0 Å². The van der Waals surface area contributed by atoms with Crippen molar-refractivity contribution in [3.63, 3.8) is 0 Å². The highest BCUT2D eigenvalue weighted by Crippen LogP contribution is 2.44. The van der Waals surface area contributed by atoms with Gasteiger partial charge in [0.25, 0.3) is 0 Å². The molecule has 1 amide bonds. The molecule has 1 aliphatic heterocycles. The Morgan fingerprint density at radius 1 is 1.19 bits per heavy atom. The van der Waals surface area contributed by atoms with Crippen LogP contribution in [0.4, 0.5) is 35.5 Å². The van der Waals surface area contributed by atoms with Crippen LogP contribution in [-0.4, -0.2) is 65.9 Å². The molecule has 0 unspecified atom stereocenters. The number of nitrogens with two attached hydrogens (primary N) is 1. The van der Waals surface area contributed by atoms with Gasteiger partial charge in [-0.2, -0.15) is 18.2 Å². The van der Waals surface area contributed by atoms with Gasteiger partial charge < -0.3 is 25.4 Å². The van der Waals surface area contributed by atoms with Crippen LogP contribution in [0.3, 0.4) is 0 Å². The first-order valence-corrected chi connectivity index (χ1v) is 14.2. The number of carbonyl (C=O) groups excluding carboxylic acids is 1. The first-order valence-electron chi connectivity index (χ1n) is 12.4. The van der Waals surface area contributed by atoms with Crippen molar-refractivity contribution in [2.24, 2.45) is 0 Å². The number of ether oxygens (including phenoxy) is 2. The summed E-state index contributed by atoms with van der Waals surface area (Å²) in [6, 6.07) is 5.57. The van der Waals surface area contributed by atoms with Gasteiger partial charge in [0, 0.05) is 24.3 Å². The van der Waals surface area contributed by atoms with E-state index in [1.165, 1.54) is 30.2 Å². The number of amides is 1. The molecule has 0 bridgehead atoms. The number of rotatable bonds is 7.